The summed E-state index contributed by atoms with van der Waals surface area (Å²) in [7, 11) is 0. The summed E-state index contributed by atoms with van der Waals surface area (Å²) in [6, 6.07) is 0. The first-order valence-corrected chi connectivity index (χ1v) is 6.80. The highest BCUT2D eigenvalue weighted by Gasteiger charge is 1.95. The molecular weight excluding hydrogens is 252 g/mol. The van der Waals surface area contributed by atoms with E-state index in [2.05, 4.69) is 28.0 Å². The third-order valence-electron chi connectivity index (χ3n) is 2.59. The summed E-state index contributed by atoms with van der Waals surface area (Å²) < 4.78 is 3.08. The largest absolute Gasteiger partial charge is 0.272 e. The predicted octanol–water partition coefficient (Wildman–Crippen LogP) is 4.40. The zero-order chi connectivity index (χ0) is 10.9. The lowest BCUT2D eigenvalue weighted by Crippen LogP contribution is -1.97. The Labute approximate surface area is 101 Å². The third kappa shape index (κ3) is 5.98. The topological polar surface area (TPSA) is 17.8 Å². The average molecular weight is 273 g/mol. The van der Waals surface area contributed by atoms with E-state index in [4.69, 9.17) is 0 Å². The molecule has 0 aliphatic carbocycles. The van der Waals surface area contributed by atoms with Gasteiger partial charge in [0.25, 0.3) is 0 Å². The molecule has 0 aliphatic rings. The fraction of sp³-hybridized carbons (Fsp3) is 0.750. The molecular formula is C12H21BrN2. The molecule has 0 atom stereocenters. The summed E-state index contributed by atoms with van der Waals surface area (Å²) in [5.74, 6) is 0. The second kappa shape index (κ2) is 7.91. The van der Waals surface area contributed by atoms with E-state index in [0.29, 0.717) is 0 Å². The molecule has 0 saturated carbocycles. The van der Waals surface area contributed by atoms with Crippen molar-refractivity contribution in [1.29, 1.82) is 0 Å². The third-order valence-corrected chi connectivity index (χ3v) is 3.00. The van der Waals surface area contributed by atoms with Crippen molar-refractivity contribution in [3.63, 3.8) is 0 Å². The van der Waals surface area contributed by atoms with Crippen LogP contribution in [0.2, 0.25) is 0 Å². The maximum absolute atomic E-state index is 4.23. The van der Waals surface area contributed by atoms with Crippen LogP contribution in [0.15, 0.2) is 16.9 Å². The highest BCUT2D eigenvalue weighted by Crippen LogP contribution is 2.09. The first-order chi connectivity index (χ1) is 7.33. The Morgan fingerprint density at radius 3 is 2.40 bits per heavy atom. The zero-order valence-corrected chi connectivity index (χ0v) is 11.2. The molecule has 0 spiro atoms. The standard InChI is InChI=1S/C12H21BrN2/c1-2-3-4-5-6-7-8-9-15-11-12(13)10-14-15/h10-11H,2-9H2,1H3. The van der Waals surface area contributed by atoms with Crippen LogP contribution in [-0.2, 0) is 6.54 Å². The van der Waals surface area contributed by atoms with Crippen molar-refractivity contribution in [2.75, 3.05) is 0 Å². The van der Waals surface area contributed by atoms with E-state index < -0.39 is 0 Å². The fourth-order valence-electron chi connectivity index (χ4n) is 1.69. The number of rotatable bonds is 8. The van der Waals surface area contributed by atoms with E-state index >= 15 is 0 Å². The maximum Gasteiger partial charge on any atom is 0.0632 e. The Hall–Kier alpha value is -0.310. The fourth-order valence-corrected chi connectivity index (χ4v) is 2.02. The molecule has 0 amide bonds. The van der Waals surface area contributed by atoms with Gasteiger partial charge in [-0.05, 0) is 22.4 Å². The van der Waals surface area contributed by atoms with Gasteiger partial charge >= 0.3 is 0 Å². The quantitative estimate of drug-likeness (QED) is 0.642. The average Bonchev–Trinajstić information content (AvgIpc) is 2.63. The summed E-state index contributed by atoms with van der Waals surface area (Å²) in [5.41, 5.74) is 0. The molecule has 1 aromatic heterocycles. The highest BCUT2D eigenvalue weighted by molar-refractivity contribution is 9.10. The minimum absolute atomic E-state index is 1.05. The van der Waals surface area contributed by atoms with Gasteiger partial charge in [-0.3, -0.25) is 4.68 Å². The molecule has 0 bridgehead atoms. The molecule has 0 fully saturated rings. The van der Waals surface area contributed by atoms with E-state index in [9.17, 15) is 0 Å². The number of hydrogen-bond donors (Lipinski definition) is 0. The van der Waals surface area contributed by atoms with Gasteiger partial charge in [-0.25, -0.2) is 0 Å². The Bertz CT molecular complexity index is 258. The second-order valence-electron chi connectivity index (χ2n) is 4.04. The Balaban J connectivity index is 1.93. The van der Waals surface area contributed by atoms with Gasteiger partial charge in [0.1, 0.15) is 0 Å². The van der Waals surface area contributed by atoms with Gasteiger partial charge < -0.3 is 0 Å². The van der Waals surface area contributed by atoms with E-state index in [-0.39, 0.29) is 0 Å². The number of aryl methyl sites for hydroxylation is 1. The molecule has 1 heterocycles. The Morgan fingerprint density at radius 1 is 1.13 bits per heavy atom. The van der Waals surface area contributed by atoms with Crippen molar-refractivity contribution in [1.82, 2.24) is 9.78 Å². The van der Waals surface area contributed by atoms with E-state index in [1.807, 2.05) is 17.1 Å². The number of aromatic nitrogens is 2. The zero-order valence-electron chi connectivity index (χ0n) is 9.58. The van der Waals surface area contributed by atoms with Gasteiger partial charge in [-0.2, -0.15) is 5.10 Å². The Morgan fingerprint density at radius 2 is 1.80 bits per heavy atom. The Kier molecular flexibility index (Phi) is 6.73. The van der Waals surface area contributed by atoms with Crippen LogP contribution in [0.3, 0.4) is 0 Å². The van der Waals surface area contributed by atoms with Gasteiger partial charge in [-0.1, -0.05) is 45.4 Å². The monoisotopic (exact) mass is 272 g/mol. The first kappa shape index (κ1) is 12.8. The molecule has 3 heteroatoms. The lowest BCUT2D eigenvalue weighted by Gasteiger charge is -2.01. The van der Waals surface area contributed by atoms with Crippen molar-refractivity contribution in [2.24, 2.45) is 0 Å². The lowest BCUT2D eigenvalue weighted by atomic mass is 10.1. The number of nitrogens with zero attached hydrogens (tertiary/aromatic N) is 2. The van der Waals surface area contributed by atoms with Gasteiger partial charge in [0.05, 0.1) is 10.7 Å². The summed E-state index contributed by atoms with van der Waals surface area (Å²) in [6.07, 6.45) is 13.4. The first-order valence-electron chi connectivity index (χ1n) is 6.01. The molecule has 0 unspecified atom stereocenters. The van der Waals surface area contributed by atoms with E-state index in [1.54, 1.807) is 0 Å². The van der Waals surface area contributed by atoms with Gasteiger partial charge in [0.2, 0.25) is 0 Å². The second-order valence-corrected chi connectivity index (χ2v) is 4.96. The van der Waals surface area contributed by atoms with Crippen LogP contribution in [0.5, 0.6) is 0 Å². The van der Waals surface area contributed by atoms with Crippen molar-refractivity contribution in [2.45, 2.75) is 58.4 Å². The van der Waals surface area contributed by atoms with Crippen molar-refractivity contribution in [3.05, 3.63) is 16.9 Å². The van der Waals surface area contributed by atoms with Gasteiger partial charge in [0.15, 0.2) is 0 Å². The van der Waals surface area contributed by atoms with Crippen molar-refractivity contribution < 1.29 is 0 Å². The number of halogens is 1. The predicted molar refractivity (Wildman–Crippen MR) is 67.9 cm³/mol. The molecule has 1 rings (SSSR count). The number of unbranched alkanes of at least 4 members (excludes halogenated alkanes) is 6. The van der Waals surface area contributed by atoms with Crippen LogP contribution in [0.1, 0.15) is 51.9 Å². The molecule has 0 aromatic carbocycles. The lowest BCUT2D eigenvalue weighted by molar-refractivity contribution is 0.523. The molecule has 0 aliphatic heterocycles. The van der Waals surface area contributed by atoms with Crippen LogP contribution in [0.4, 0.5) is 0 Å². The summed E-state index contributed by atoms with van der Waals surface area (Å²) in [5, 5.41) is 4.23. The van der Waals surface area contributed by atoms with Crippen LogP contribution >= 0.6 is 15.9 Å². The normalized spacial score (nSPS) is 10.8. The molecule has 15 heavy (non-hydrogen) atoms. The van der Waals surface area contributed by atoms with Crippen LogP contribution < -0.4 is 0 Å². The molecule has 0 radical (unpaired) electrons. The maximum atomic E-state index is 4.23. The molecule has 0 N–H and O–H groups in total. The SMILES string of the molecule is CCCCCCCCCn1cc(Br)cn1. The molecule has 2 nitrogen and oxygen atoms in total. The summed E-state index contributed by atoms with van der Waals surface area (Å²) in [6.45, 7) is 3.31. The molecule has 1 aromatic rings. The van der Waals surface area contributed by atoms with Gasteiger partial charge in [0, 0.05) is 12.7 Å². The smallest absolute Gasteiger partial charge is 0.0632 e. The summed E-state index contributed by atoms with van der Waals surface area (Å²) >= 11 is 3.40. The molecule has 0 saturated heterocycles. The van der Waals surface area contributed by atoms with E-state index in [1.165, 1.54) is 44.9 Å². The number of hydrogen-bond acceptors (Lipinski definition) is 1. The highest BCUT2D eigenvalue weighted by atomic mass is 79.9. The van der Waals surface area contributed by atoms with Crippen LogP contribution in [-0.4, -0.2) is 9.78 Å². The van der Waals surface area contributed by atoms with Crippen LogP contribution in [0, 0.1) is 0 Å². The minimum Gasteiger partial charge on any atom is -0.272 e. The molecule has 86 valence electrons. The van der Waals surface area contributed by atoms with Crippen molar-refractivity contribution >= 4 is 15.9 Å². The van der Waals surface area contributed by atoms with Gasteiger partial charge in [-0.15, -0.1) is 0 Å². The van der Waals surface area contributed by atoms with E-state index in [0.717, 1.165) is 11.0 Å². The minimum atomic E-state index is 1.05. The summed E-state index contributed by atoms with van der Waals surface area (Å²) in [4.78, 5) is 0. The van der Waals surface area contributed by atoms with Crippen molar-refractivity contribution in [3.8, 4) is 0 Å². The van der Waals surface area contributed by atoms with Crippen LogP contribution in [0.25, 0.3) is 0 Å².